The number of benzene rings is 2. The molecule has 7 heteroatoms. The molecule has 0 radical (unpaired) electrons. The van der Waals surface area contributed by atoms with E-state index in [1.54, 1.807) is 24.3 Å². The second kappa shape index (κ2) is 17.7. The number of hydrogen-bond acceptors (Lipinski definition) is 5. The molecule has 2 aromatic carbocycles. The van der Waals surface area contributed by atoms with Crippen molar-refractivity contribution in [2.45, 2.75) is 110 Å². The molecule has 3 aromatic rings. The zero-order chi connectivity index (χ0) is 30.3. The van der Waals surface area contributed by atoms with Crippen LogP contribution in [0.15, 0.2) is 48.8 Å². The molecular formula is C36H46F2N2O3. The molecule has 43 heavy (non-hydrogen) atoms. The summed E-state index contributed by atoms with van der Waals surface area (Å²) in [5.74, 6) is -2.02. The fourth-order valence-corrected chi connectivity index (χ4v) is 5.21. The van der Waals surface area contributed by atoms with Crippen LogP contribution in [0.4, 0.5) is 8.78 Å². The topological polar surface area (TPSA) is 61.3 Å². The van der Waals surface area contributed by atoms with Crippen LogP contribution in [0.1, 0.15) is 119 Å². The van der Waals surface area contributed by atoms with Crippen LogP contribution >= 0.6 is 0 Å². The predicted octanol–water partition coefficient (Wildman–Crippen LogP) is 10.1. The molecule has 1 aliphatic rings. The van der Waals surface area contributed by atoms with Gasteiger partial charge in [0, 0.05) is 18.0 Å². The van der Waals surface area contributed by atoms with E-state index in [-0.39, 0.29) is 11.5 Å². The molecule has 1 aromatic heterocycles. The van der Waals surface area contributed by atoms with Gasteiger partial charge in [0.15, 0.2) is 17.4 Å². The van der Waals surface area contributed by atoms with Gasteiger partial charge in [-0.15, -0.1) is 0 Å². The Balaban J connectivity index is 1.18. The first-order valence-corrected chi connectivity index (χ1v) is 16.3. The van der Waals surface area contributed by atoms with Crippen LogP contribution in [0.25, 0.3) is 11.4 Å². The Hall–Kier alpha value is -3.35. The van der Waals surface area contributed by atoms with Crippen LogP contribution in [0.3, 0.4) is 0 Å². The van der Waals surface area contributed by atoms with E-state index in [2.05, 4.69) is 16.9 Å². The van der Waals surface area contributed by atoms with E-state index in [4.69, 9.17) is 9.47 Å². The lowest BCUT2D eigenvalue weighted by Gasteiger charge is -2.10. The minimum absolute atomic E-state index is 0.195. The van der Waals surface area contributed by atoms with E-state index in [9.17, 15) is 13.6 Å². The first-order chi connectivity index (χ1) is 21.0. The summed E-state index contributed by atoms with van der Waals surface area (Å²) in [7, 11) is 0. The lowest BCUT2D eigenvalue weighted by Crippen LogP contribution is -2.12. The summed E-state index contributed by atoms with van der Waals surface area (Å²) in [5, 5.41) is 0. The average Bonchev–Trinajstić information content (AvgIpc) is 3.85. The predicted molar refractivity (Wildman–Crippen MR) is 166 cm³/mol. The smallest absolute Gasteiger partial charge is 0.346 e. The van der Waals surface area contributed by atoms with Gasteiger partial charge in [-0.1, -0.05) is 84.0 Å². The van der Waals surface area contributed by atoms with Crippen molar-refractivity contribution in [1.82, 2.24) is 9.97 Å². The van der Waals surface area contributed by atoms with Crippen LogP contribution in [0.5, 0.6) is 11.5 Å². The third kappa shape index (κ3) is 11.0. The van der Waals surface area contributed by atoms with Gasteiger partial charge in [-0.25, -0.2) is 19.2 Å². The van der Waals surface area contributed by atoms with E-state index in [0.29, 0.717) is 12.4 Å². The van der Waals surface area contributed by atoms with Crippen molar-refractivity contribution < 1.29 is 23.0 Å². The number of aryl methyl sites for hydroxylation is 1. The number of carbonyl (C=O) groups is 1. The zero-order valence-corrected chi connectivity index (χ0v) is 25.6. The first-order valence-electron chi connectivity index (χ1n) is 16.3. The normalized spacial score (nSPS) is 12.8. The quantitative estimate of drug-likeness (QED) is 0.0742. The van der Waals surface area contributed by atoms with Gasteiger partial charge in [-0.2, -0.15) is 4.39 Å². The molecule has 0 amide bonds. The molecule has 5 nitrogen and oxygen atoms in total. The van der Waals surface area contributed by atoms with Gasteiger partial charge >= 0.3 is 5.97 Å². The lowest BCUT2D eigenvalue weighted by molar-refractivity contribution is 0.0728. The molecule has 0 N–H and O–H groups in total. The largest absolute Gasteiger partial charge is 0.490 e. The Morgan fingerprint density at radius 1 is 0.791 bits per heavy atom. The SMILES string of the molecule is CCCCCCCCCCCCc1cnc(-c2ccc(OC(=O)c3ccc(OCCCCC4CC4)c(F)c3F)cc2)nc1. The molecule has 0 spiro atoms. The summed E-state index contributed by atoms with van der Waals surface area (Å²) < 4.78 is 39.9. The highest BCUT2D eigenvalue weighted by atomic mass is 19.2. The van der Waals surface area contributed by atoms with Crippen LogP contribution in [-0.4, -0.2) is 22.5 Å². The maximum absolute atomic E-state index is 14.6. The monoisotopic (exact) mass is 592 g/mol. The number of hydrogen-bond donors (Lipinski definition) is 0. The van der Waals surface area contributed by atoms with Crippen molar-refractivity contribution in [3.05, 3.63) is 71.6 Å². The summed E-state index contributed by atoms with van der Waals surface area (Å²) in [6, 6.07) is 9.10. The molecule has 1 aliphatic carbocycles. The lowest BCUT2D eigenvalue weighted by atomic mass is 10.0. The number of nitrogens with zero attached hydrogens (tertiary/aromatic N) is 2. The first kappa shape index (κ1) is 32.6. The third-order valence-electron chi connectivity index (χ3n) is 8.08. The van der Waals surface area contributed by atoms with Crippen molar-refractivity contribution in [2.24, 2.45) is 5.92 Å². The Morgan fingerprint density at radius 2 is 1.44 bits per heavy atom. The zero-order valence-electron chi connectivity index (χ0n) is 25.6. The summed E-state index contributed by atoms with van der Waals surface area (Å²) in [5.41, 5.74) is 1.40. The van der Waals surface area contributed by atoms with Gasteiger partial charge in [0.1, 0.15) is 5.75 Å². The standard InChI is InChI=1S/C36H46F2N2O3/c1-2-3-4-5-6-7-8-9-10-11-15-28-25-39-35(40-26-28)29-18-20-30(21-19-29)43-36(41)31-22-23-32(34(38)33(31)37)42-24-13-12-14-27-16-17-27/h18-23,25-27H,2-17,24H2,1H3. The number of rotatable bonds is 20. The van der Waals surface area contributed by atoms with E-state index in [1.165, 1.54) is 82.8 Å². The molecule has 1 fully saturated rings. The number of halogens is 2. The Kier molecular flexibility index (Phi) is 13.4. The Morgan fingerprint density at radius 3 is 2.09 bits per heavy atom. The van der Waals surface area contributed by atoms with E-state index in [1.807, 2.05) is 12.4 Å². The van der Waals surface area contributed by atoms with Gasteiger partial charge in [-0.3, -0.25) is 0 Å². The molecular weight excluding hydrogens is 546 g/mol. The highest BCUT2D eigenvalue weighted by Crippen LogP contribution is 2.34. The highest BCUT2D eigenvalue weighted by molar-refractivity contribution is 5.91. The van der Waals surface area contributed by atoms with Crippen LogP contribution in [-0.2, 0) is 6.42 Å². The van der Waals surface area contributed by atoms with Crippen LogP contribution < -0.4 is 9.47 Å². The Labute approximate surface area is 255 Å². The average molecular weight is 593 g/mol. The molecule has 1 heterocycles. The molecule has 0 saturated heterocycles. The molecule has 0 aliphatic heterocycles. The van der Waals surface area contributed by atoms with Crippen LogP contribution in [0, 0.1) is 17.6 Å². The minimum atomic E-state index is -1.27. The molecule has 0 unspecified atom stereocenters. The van der Waals surface area contributed by atoms with Gasteiger partial charge in [0.2, 0.25) is 5.82 Å². The molecule has 1 saturated carbocycles. The van der Waals surface area contributed by atoms with Crippen molar-refractivity contribution in [1.29, 1.82) is 0 Å². The second-order valence-electron chi connectivity index (χ2n) is 11.8. The van der Waals surface area contributed by atoms with Crippen molar-refractivity contribution in [2.75, 3.05) is 6.61 Å². The maximum Gasteiger partial charge on any atom is 0.346 e. The summed E-state index contributed by atoms with van der Waals surface area (Å²) in [6.07, 6.45) is 23.3. The third-order valence-corrected chi connectivity index (χ3v) is 8.08. The maximum atomic E-state index is 14.6. The van der Waals surface area contributed by atoms with Crippen molar-refractivity contribution in [3.8, 4) is 22.9 Å². The van der Waals surface area contributed by atoms with Crippen LogP contribution in [0.2, 0.25) is 0 Å². The molecule has 232 valence electrons. The minimum Gasteiger partial charge on any atom is -0.490 e. The van der Waals surface area contributed by atoms with E-state index in [0.717, 1.165) is 49.1 Å². The van der Waals surface area contributed by atoms with E-state index >= 15 is 0 Å². The Bertz CT molecular complexity index is 1260. The molecule has 4 rings (SSSR count). The van der Waals surface area contributed by atoms with Gasteiger partial charge in [-0.05, 0) is 73.6 Å². The summed E-state index contributed by atoms with van der Waals surface area (Å²) in [6.45, 7) is 2.56. The summed E-state index contributed by atoms with van der Waals surface area (Å²) >= 11 is 0. The number of aromatic nitrogens is 2. The fraction of sp³-hybridized carbons (Fsp3) is 0.528. The van der Waals surface area contributed by atoms with Crippen molar-refractivity contribution >= 4 is 5.97 Å². The van der Waals surface area contributed by atoms with Gasteiger partial charge in [0.25, 0.3) is 0 Å². The molecule has 0 atom stereocenters. The number of esters is 1. The van der Waals surface area contributed by atoms with E-state index < -0.39 is 23.2 Å². The number of ether oxygens (including phenoxy) is 2. The second-order valence-corrected chi connectivity index (χ2v) is 11.8. The van der Waals surface area contributed by atoms with Gasteiger partial charge in [0.05, 0.1) is 12.2 Å². The molecule has 0 bridgehead atoms. The number of unbranched alkanes of at least 4 members (excludes halogenated alkanes) is 10. The van der Waals surface area contributed by atoms with Gasteiger partial charge < -0.3 is 9.47 Å². The van der Waals surface area contributed by atoms with Crippen molar-refractivity contribution in [3.63, 3.8) is 0 Å². The number of carbonyl (C=O) groups excluding carboxylic acids is 1. The fourth-order valence-electron chi connectivity index (χ4n) is 5.21. The highest BCUT2D eigenvalue weighted by Gasteiger charge is 2.22. The summed E-state index contributed by atoms with van der Waals surface area (Å²) in [4.78, 5) is 21.6.